The summed E-state index contributed by atoms with van der Waals surface area (Å²) >= 11 is 0. The van der Waals surface area contributed by atoms with Crippen LogP contribution in [0, 0.1) is 20.8 Å². The number of fused-ring (bicyclic) bond motifs is 1. The molecule has 0 bridgehead atoms. The molecule has 0 saturated heterocycles. The van der Waals surface area contributed by atoms with Gasteiger partial charge in [-0.1, -0.05) is 6.92 Å². The van der Waals surface area contributed by atoms with Gasteiger partial charge in [-0.25, -0.2) is 9.67 Å². The molecule has 0 aliphatic heterocycles. The second kappa shape index (κ2) is 6.70. The SMILES string of the molecule is CCc1[nH]c2ccc(C(=O)NCC(C)n3nc(C)nc3C)cc2c1C. The van der Waals surface area contributed by atoms with Gasteiger partial charge in [-0.05, 0) is 57.9 Å². The summed E-state index contributed by atoms with van der Waals surface area (Å²) in [6.07, 6.45) is 0.955. The van der Waals surface area contributed by atoms with Crippen LogP contribution in [0.4, 0.5) is 0 Å². The van der Waals surface area contributed by atoms with Gasteiger partial charge in [-0.15, -0.1) is 0 Å². The highest BCUT2D eigenvalue weighted by Gasteiger charge is 2.14. The van der Waals surface area contributed by atoms with Crippen LogP contribution in [0.3, 0.4) is 0 Å². The number of aryl methyl sites for hydroxylation is 4. The maximum Gasteiger partial charge on any atom is 0.251 e. The number of hydrogen-bond donors (Lipinski definition) is 2. The molecule has 132 valence electrons. The van der Waals surface area contributed by atoms with E-state index in [1.165, 1.54) is 11.3 Å². The van der Waals surface area contributed by atoms with Crippen molar-refractivity contribution in [3.63, 3.8) is 0 Å². The zero-order chi connectivity index (χ0) is 18.1. The maximum absolute atomic E-state index is 12.5. The van der Waals surface area contributed by atoms with Gasteiger partial charge in [0.25, 0.3) is 5.91 Å². The van der Waals surface area contributed by atoms with Crippen molar-refractivity contribution in [1.82, 2.24) is 25.1 Å². The Morgan fingerprint density at radius 2 is 2.08 bits per heavy atom. The molecule has 2 N–H and O–H groups in total. The molecule has 0 spiro atoms. The first-order valence-electron chi connectivity index (χ1n) is 8.69. The number of aromatic amines is 1. The summed E-state index contributed by atoms with van der Waals surface area (Å²) in [4.78, 5) is 20.3. The van der Waals surface area contributed by atoms with Gasteiger partial charge >= 0.3 is 0 Å². The van der Waals surface area contributed by atoms with E-state index in [9.17, 15) is 4.79 Å². The lowest BCUT2D eigenvalue weighted by molar-refractivity contribution is 0.0948. The van der Waals surface area contributed by atoms with E-state index >= 15 is 0 Å². The molecular weight excluding hydrogens is 314 g/mol. The van der Waals surface area contributed by atoms with Gasteiger partial charge in [-0.2, -0.15) is 5.10 Å². The molecule has 1 amide bonds. The van der Waals surface area contributed by atoms with Crippen LogP contribution in [-0.2, 0) is 6.42 Å². The van der Waals surface area contributed by atoms with Crippen molar-refractivity contribution >= 4 is 16.8 Å². The molecule has 2 heterocycles. The number of hydrogen-bond acceptors (Lipinski definition) is 3. The lowest BCUT2D eigenvalue weighted by Crippen LogP contribution is -2.30. The van der Waals surface area contributed by atoms with E-state index in [2.05, 4.69) is 34.2 Å². The summed E-state index contributed by atoms with van der Waals surface area (Å²) in [5, 5.41) is 8.49. The third-order valence-electron chi connectivity index (χ3n) is 4.66. The Morgan fingerprint density at radius 1 is 1.32 bits per heavy atom. The number of carbonyl (C=O) groups is 1. The van der Waals surface area contributed by atoms with E-state index in [-0.39, 0.29) is 11.9 Å². The second-order valence-electron chi connectivity index (χ2n) is 6.55. The van der Waals surface area contributed by atoms with Crippen LogP contribution >= 0.6 is 0 Å². The largest absolute Gasteiger partial charge is 0.358 e. The predicted molar refractivity (Wildman–Crippen MR) is 99.0 cm³/mol. The number of nitrogens with one attached hydrogen (secondary N) is 2. The van der Waals surface area contributed by atoms with Crippen molar-refractivity contribution in [2.24, 2.45) is 0 Å². The summed E-state index contributed by atoms with van der Waals surface area (Å²) in [5.41, 5.74) is 4.19. The number of H-pyrrole nitrogens is 1. The van der Waals surface area contributed by atoms with Gasteiger partial charge in [-0.3, -0.25) is 4.79 Å². The zero-order valence-electron chi connectivity index (χ0n) is 15.5. The van der Waals surface area contributed by atoms with Gasteiger partial charge in [0.15, 0.2) is 0 Å². The molecule has 1 unspecified atom stereocenters. The first kappa shape index (κ1) is 17.2. The van der Waals surface area contributed by atoms with E-state index in [4.69, 9.17) is 0 Å². The first-order chi connectivity index (χ1) is 11.9. The average Bonchev–Trinajstić information content (AvgIpc) is 3.10. The molecule has 0 fully saturated rings. The molecule has 3 rings (SSSR count). The third kappa shape index (κ3) is 3.29. The maximum atomic E-state index is 12.5. The smallest absolute Gasteiger partial charge is 0.251 e. The quantitative estimate of drug-likeness (QED) is 0.749. The fourth-order valence-corrected chi connectivity index (χ4v) is 3.26. The van der Waals surface area contributed by atoms with Crippen molar-refractivity contribution in [2.75, 3.05) is 6.54 Å². The Kier molecular flexibility index (Phi) is 4.61. The minimum Gasteiger partial charge on any atom is -0.358 e. The number of benzene rings is 1. The Balaban J connectivity index is 1.74. The molecule has 0 aliphatic carbocycles. The van der Waals surface area contributed by atoms with Crippen LogP contribution in [0.25, 0.3) is 10.9 Å². The van der Waals surface area contributed by atoms with Gasteiger partial charge in [0.2, 0.25) is 0 Å². The number of carbonyl (C=O) groups excluding carboxylic acids is 1. The lowest BCUT2D eigenvalue weighted by atomic mass is 10.1. The van der Waals surface area contributed by atoms with Crippen LogP contribution < -0.4 is 5.32 Å². The molecule has 3 aromatic rings. The van der Waals surface area contributed by atoms with Crippen LogP contribution in [0.1, 0.15) is 53.2 Å². The van der Waals surface area contributed by atoms with Gasteiger partial charge in [0.05, 0.1) is 6.04 Å². The molecule has 6 nitrogen and oxygen atoms in total. The average molecular weight is 339 g/mol. The number of nitrogens with zero attached hydrogens (tertiary/aromatic N) is 3. The molecule has 0 saturated carbocycles. The summed E-state index contributed by atoms with van der Waals surface area (Å²) in [6, 6.07) is 5.85. The number of rotatable bonds is 5. The van der Waals surface area contributed by atoms with Crippen molar-refractivity contribution in [3.05, 3.63) is 46.7 Å². The molecule has 0 aliphatic rings. The standard InChI is InChI=1S/C19H25N5O/c1-6-17-12(3)16-9-15(7-8-18(16)22-17)19(25)20-10-11(2)24-14(5)21-13(4)23-24/h7-9,11,22H,6,10H2,1-5H3,(H,20,25). The highest BCUT2D eigenvalue weighted by atomic mass is 16.1. The molecule has 2 aromatic heterocycles. The van der Waals surface area contributed by atoms with Crippen LogP contribution in [0.15, 0.2) is 18.2 Å². The molecule has 1 aromatic carbocycles. The Labute approximate surface area is 147 Å². The first-order valence-corrected chi connectivity index (χ1v) is 8.69. The fourth-order valence-electron chi connectivity index (χ4n) is 3.26. The van der Waals surface area contributed by atoms with E-state index in [1.54, 1.807) is 0 Å². The van der Waals surface area contributed by atoms with Crippen LogP contribution in [0.5, 0.6) is 0 Å². The topological polar surface area (TPSA) is 75.6 Å². The molecule has 6 heteroatoms. The third-order valence-corrected chi connectivity index (χ3v) is 4.66. The van der Waals surface area contributed by atoms with Crippen molar-refractivity contribution in [3.8, 4) is 0 Å². The summed E-state index contributed by atoms with van der Waals surface area (Å²) in [7, 11) is 0. The van der Waals surface area contributed by atoms with E-state index in [0.29, 0.717) is 12.1 Å². The number of aromatic nitrogens is 4. The second-order valence-corrected chi connectivity index (χ2v) is 6.55. The van der Waals surface area contributed by atoms with Gasteiger partial charge < -0.3 is 10.3 Å². The van der Waals surface area contributed by atoms with Crippen LogP contribution in [-0.4, -0.2) is 32.2 Å². The van der Waals surface area contributed by atoms with E-state index in [1.807, 2.05) is 43.7 Å². The normalized spacial score (nSPS) is 12.5. The van der Waals surface area contributed by atoms with E-state index in [0.717, 1.165) is 29.0 Å². The lowest BCUT2D eigenvalue weighted by Gasteiger charge is -2.14. The van der Waals surface area contributed by atoms with E-state index < -0.39 is 0 Å². The van der Waals surface area contributed by atoms with Crippen LogP contribution in [0.2, 0.25) is 0 Å². The highest BCUT2D eigenvalue weighted by molar-refractivity contribution is 5.99. The molecule has 1 atom stereocenters. The summed E-state index contributed by atoms with van der Waals surface area (Å²) < 4.78 is 1.85. The molecule has 25 heavy (non-hydrogen) atoms. The Morgan fingerprint density at radius 3 is 2.72 bits per heavy atom. The van der Waals surface area contributed by atoms with Gasteiger partial charge in [0, 0.05) is 28.7 Å². The van der Waals surface area contributed by atoms with Crippen molar-refractivity contribution in [2.45, 2.75) is 47.1 Å². The Bertz CT molecular complexity index is 921. The Hall–Kier alpha value is -2.63. The fraction of sp³-hybridized carbons (Fsp3) is 0.421. The predicted octanol–water partition coefficient (Wildman–Crippen LogP) is 3.24. The highest BCUT2D eigenvalue weighted by Crippen LogP contribution is 2.23. The van der Waals surface area contributed by atoms with Crippen molar-refractivity contribution < 1.29 is 4.79 Å². The number of amides is 1. The molecular formula is C19H25N5O. The summed E-state index contributed by atoms with van der Waals surface area (Å²) in [5.74, 6) is 1.54. The monoisotopic (exact) mass is 339 g/mol. The molecule has 0 radical (unpaired) electrons. The minimum atomic E-state index is -0.0677. The summed E-state index contributed by atoms with van der Waals surface area (Å²) in [6.45, 7) is 10.5. The van der Waals surface area contributed by atoms with Crippen molar-refractivity contribution in [1.29, 1.82) is 0 Å². The zero-order valence-corrected chi connectivity index (χ0v) is 15.5. The minimum absolute atomic E-state index is 0.0505. The van der Waals surface area contributed by atoms with Gasteiger partial charge in [0.1, 0.15) is 11.6 Å².